The van der Waals surface area contributed by atoms with E-state index in [0.29, 0.717) is 19.7 Å². The van der Waals surface area contributed by atoms with Crippen molar-refractivity contribution < 1.29 is 14.2 Å². The van der Waals surface area contributed by atoms with Crippen LogP contribution in [0.15, 0.2) is 23.2 Å². The van der Waals surface area contributed by atoms with Crippen molar-refractivity contribution in [1.82, 2.24) is 15.6 Å². The monoisotopic (exact) mass is 376 g/mol. The maximum Gasteiger partial charge on any atom is 0.231 e. The second-order valence-electron chi connectivity index (χ2n) is 5.73. The number of hydrogen-bond acceptors (Lipinski definition) is 6. The molecule has 1 aromatic heterocycles. The molecule has 0 amide bonds. The summed E-state index contributed by atoms with van der Waals surface area (Å²) in [6.45, 7) is 8.93. The van der Waals surface area contributed by atoms with Crippen LogP contribution in [0.2, 0.25) is 0 Å². The maximum atomic E-state index is 5.76. The summed E-state index contributed by atoms with van der Waals surface area (Å²) >= 11 is 1.69. The highest BCUT2D eigenvalue weighted by Gasteiger charge is 2.13. The molecule has 7 nitrogen and oxygen atoms in total. The lowest BCUT2D eigenvalue weighted by Crippen LogP contribution is -2.39. The van der Waals surface area contributed by atoms with Crippen LogP contribution in [-0.4, -0.2) is 37.4 Å². The number of guanidine groups is 1. The molecule has 0 saturated carbocycles. The van der Waals surface area contributed by atoms with Crippen molar-refractivity contribution in [2.45, 2.75) is 27.3 Å². The van der Waals surface area contributed by atoms with Gasteiger partial charge in [-0.2, -0.15) is 0 Å². The maximum absolute atomic E-state index is 5.76. The van der Waals surface area contributed by atoms with E-state index in [4.69, 9.17) is 14.2 Å². The normalized spacial score (nSPS) is 13.0. The molecule has 2 N–H and O–H groups in total. The quantitative estimate of drug-likeness (QED) is 0.439. The summed E-state index contributed by atoms with van der Waals surface area (Å²) in [6, 6.07) is 5.58. The topological polar surface area (TPSA) is 77.0 Å². The minimum atomic E-state index is 0.265. The molecule has 140 valence electrons. The Hall–Kier alpha value is -2.48. The summed E-state index contributed by atoms with van der Waals surface area (Å²) in [7, 11) is 0. The molecular weight excluding hydrogens is 352 g/mol. The molecule has 26 heavy (non-hydrogen) atoms. The van der Waals surface area contributed by atoms with Gasteiger partial charge >= 0.3 is 0 Å². The third-order valence-electron chi connectivity index (χ3n) is 3.73. The van der Waals surface area contributed by atoms with Crippen LogP contribution < -0.4 is 24.8 Å². The number of hydrogen-bond donors (Lipinski definition) is 2. The van der Waals surface area contributed by atoms with Gasteiger partial charge in [0.25, 0.3) is 0 Å². The van der Waals surface area contributed by atoms with E-state index in [-0.39, 0.29) is 6.79 Å². The molecule has 0 bridgehead atoms. The van der Waals surface area contributed by atoms with Gasteiger partial charge in [-0.05, 0) is 32.9 Å². The first-order valence-corrected chi connectivity index (χ1v) is 9.45. The van der Waals surface area contributed by atoms with Crippen LogP contribution >= 0.6 is 11.3 Å². The molecule has 2 heterocycles. The summed E-state index contributed by atoms with van der Waals surface area (Å²) in [5.41, 5.74) is 1.05. The highest BCUT2D eigenvalue weighted by molar-refractivity contribution is 7.11. The smallest absolute Gasteiger partial charge is 0.231 e. The van der Waals surface area contributed by atoms with Crippen LogP contribution in [0.5, 0.6) is 17.2 Å². The predicted octanol–water partition coefficient (Wildman–Crippen LogP) is 2.62. The van der Waals surface area contributed by atoms with Crippen molar-refractivity contribution in [3.8, 4) is 17.2 Å². The van der Waals surface area contributed by atoms with Crippen LogP contribution in [0, 0.1) is 13.8 Å². The van der Waals surface area contributed by atoms with E-state index in [2.05, 4.69) is 20.6 Å². The van der Waals surface area contributed by atoms with Crippen LogP contribution in [-0.2, 0) is 6.54 Å². The summed E-state index contributed by atoms with van der Waals surface area (Å²) in [5.74, 6) is 3.01. The first-order valence-electron chi connectivity index (χ1n) is 8.63. The summed E-state index contributed by atoms with van der Waals surface area (Å²) in [6.07, 6.45) is 0. The Kier molecular flexibility index (Phi) is 6.17. The predicted molar refractivity (Wildman–Crippen MR) is 102 cm³/mol. The molecule has 0 aliphatic carbocycles. The van der Waals surface area contributed by atoms with Crippen molar-refractivity contribution in [1.29, 1.82) is 0 Å². The number of rotatable bonds is 7. The van der Waals surface area contributed by atoms with Crippen molar-refractivity contribution >= 4 is 17.3 Å². The molecule has 0 radical (unpaired) electrons. The van der Waals surface area contributed by atoms with Gasteiger partial charge in [0.05, 0.1) is 23.8 Å². The van der Waals surface area contributed by atoms with Gasteiger partial charge in [0, 0.05) is 17.5 Å². The second kappa shape index (κ2) is 8.75. The number of ether oxygens (including phenoxy) is 3. The fourth-order valence-electron chi connectivity index (χ4n) is 2.52. The lowest BCUT2D eigenvalue weighted by molar-refractivity contribution is 0.173. The number of thiazole rings is 1. The Morgan fingerprint density at radius 2 is 2.12 bits per heavy atom. The summed E-state index contributed by atoms with van der Waals surface area (Å²) in [4.78, 5) is 10.3. The van der Waals surface area contributed by atoms with Gasteiger partial charge in [0.2, 0.25) is 6.79 Å². The minimum absolute atomic E-state index is 0.265. The number of aryl methyl sites for hydroxylation is 2. The number of nitrogens with one attached hydrogen (secondary N) is 2. The number of nitrogens with zero attached hydrogens (tertiary/aromatic N) is 2. The van der Waals surface area contributed by atoms with Crippen LogP contribution in [0.25, 0.3) is 0 Å². The Bertz CT molecular complexity index is 776. The molecule has 1 aliphatic rings. The Balaban J connectivity index is 1.47. The molecule has 1 aromatic carbocycles. The molecule has 8 heteroatoms. The zero-order valence-corrected chi connectivity index (χ0v) is 16.1. The van der Waals surface area contributed by atoms with E-state index in [1.165, 1.54) is 4.88 Å². The lowest BCUT2D eigenvalue weighted by atomic mass is 10.3. The second-order valence-corrected chi connectivity index (χ2v) is 7.01. The zero-order valence-electron chi connectivity index (χ0n) is 15.3. The Labute approximate surface area is 157 Å². The summed E-state index contributed by atoms with van der Waals surface area (Å²) in [5, 5.41) is 7.60. The van der Waals surface area contributed by atoms with Crippen molar-refractivity contribution in [3.63, 3.8) is 0 Å². The van der Waals surface area contributed by atoms with Crippen molar-refractivity contribution in [3.05, 3.63) is 33.8 Å². The largest absolute Gasteiger partial charge is 0.492 e. The number of benzene rings is 1. The van der Waals surface area contributed by atoms with Gasteiger partial charge in [-0.1, -0.05) is 0 Å². The fourth-order valence-corrected chi connectivity index (χ4v) is 3.38. The SMILES string of the molecule is CCNC(=NCc1sc(C)nc1C)NCCOc1ccc2c(c1)OCO2. The van der Waals surface area contributed by atoms with E-state index >= 15 is 0 Å². The molecule has 2 aromatic rings. The molecule has 0 atom stereocenters. The molecular formula is C18H24N4O3S. The average Bonchev–Trinajstić information content (AvgIpc) is 3.21. The Morgan fingerprint density at radius 1 is 1.27 bits per heavy atom. The molecule has 3 rings (SSSR count). The van der Waals surface area contributed by atoms with Gasteiger partial charge in [-0.15, -0.1) is 11.3 Å². The molecule has 0 fully saturated rings. The summed E-state index contributed by atoms with van der Waals surface area (Å²) < 4.78 is 16.4. The van der Waals surface area contributed by atoms with Crippen molar-refractivity contribution in [2.24, 2.45) is 4.99 Å². The zero-order chi connectivity index (χ0) is 18.4. The van der Waals surface area contributed by atoms with Crippen molar-refractivity contribution in [2.75, 3.05) is 26.5 Å². The fraction of sp³-hybridized carbons (Fsp3) is 0.444. The van der Waals surface area contributed by atoms with E-state index in [0.717, 1.165) is 40.5 Å². The molecule has 0 saturated heterocycles. The number of aromatic nitrogens is 1. The first kappa shape index (κ1) is 18.3. The highest BCUT2D eigenvalue weighted by atomic mass is 32.1. The highest BCUT2D eigenvalue weighted by Crippen LogP contribution is 2.34. The standard InChI is InChI=1S/C18H24N4O3S/c1-4-19-18(21-10-17-12(2)22-13(3)26-17)20-7-8-23-14-5-6-15-16(9-14)25-11-24-15/h5-6,9H,4,7-8,10-11H2,1-3H3,(H2,19,20,21). The number of aliphatic imine (C=N–C) groups is 1. The van der Waals surface area contributed by atoms with E-state index in [1.807, 2.05) is 39.0 Å². The van der Waals surface area contributed by atoms with Crippen LogP contribution in [0.3, 0.4) is 0 Å². The number of fused-ring (bicyclic) bond motifs is 1. The van der Waals surface area contributed by atoms with E-state index in [9.17, 15) is 0 Å². The van der Waals surface area contributed by atoms with Gasteiger partial charge in [-0.25, -0.2) is 9.98 Å². The van der Waals surface area contributed by atoms with Gasteiger partial charge in [0.1, 0.15) is 12.4 Å². The van der Waals surface area contributed by atoms with E-state index in [1.54, 1.807) is 11.3 Å². The van der Waals surface area contributed by atoms with Gasteiger partial charge < -0.3 is 24.8 Å². The van der Waals surface area contributed by atoms with Crippen LogP contribution in [0.4, 0.5) is 0 Å². The third-order valence-corrected chi connectivity index (χ3v) is 4.79. The average molecular weight is 376 g/mol. The third kappa shape index (κ3) is 4.78. The first-order chi connectivity index (χ1) is 12.7. The lowest BCUT2D eigenvalue weighted by Gasteiger charge is -2.12. The Morgan fingerprint density at radius 3 is 2.88 bits per heavy atom. The minimum Gasteiger partial charge on any atom is -0.492 e. The van der Waals surface area contributed by atoms with Crippen LogP contribution in [0.1, 0.15) is 22.5 Å². The van der Waals surface area contributed by atoms with E-state index < -0.39 is 0 Å². The molecule has 0 unspecified atom stereocenters. The molecule has 1 aliphatic heterocycles. The van der Waals surface area contributed by atoms with Gasteiger partial charge in [-0.3, -0.25) is 0 Å². The molecule has 0 spiro atoms. The van der Waals surface area contributed by atoms with Gasteiger partial charge in [0.15, 0.2) is 17.5 Å².